The lowest BCUT2D eigenvalue weighted by Crippen LogP contribution is -2.17. The summed E-state index contributed by atoms with van der Waals surface area (Å²) in [7, 11) is 0. The van der Waals surface area contributed by atoms with Crippen LogP contribution in [0.5, 0.6) is 0 Å². The van der Waals surface area contributed by atoms with Gasteiger partial charge >= 0.3 is 0 Å². The molecule has 0 aliphatic carbocycles. The maximum atomic E-state index is 13.0. The molecule has 3 rings (SSSR count). The number of pyridine rings is 2. The Labute approximate surface area is 184 Å². The minimum Gasteiger partial charge on any atom is -0.387 e. The minimum atomic E-state index is -0.696. The van der Waals surface area contributed by atoms with Gasteiger partial charge in [-0.05, 0) is 49.3 Å². The predicted octanol–water partition coefficient (Wildman–Crippen LogP) is 5.83. The molecule has 0 saturated heterocycles. The first-order chi connectivity index (χ1) is 15.0. The minimum absolute atomic E-state index is 0.140. The highest BCUT2D eigenvalue weighted by molar-refractivity contribution is 5.83. The molecule has 5 heteroatoms. The molecule has 0 radical (unpaired) electrons. The number of para-hydroxylation sites is 1. The number of hydrogen-bond acceptors (Lipinski definition) is 4. The Bertz CT molecular complexity index is 1140. The van der Waals surface area contributed by atoms with E-state index >= 15 is 0 Å². The second-order valence-electron chi connectivity index (χ2n) is 6.74. The molecule has 2 heterocycles. The lowest BCUT2D eigenvalue weighted by Gasteiger charge is -2.20. The number of aryl methyl sites for hydroxylation is 1. The average Bonchev–Trinajstić information content (AvgIpc) is 2.79. The molecule has 0 aliphatic heterocycles. The van der Waals surface area contributed by atoms with E-state index in [0.717, 1.165) is 11.3 Å². The quantitative estimate of drug-likeness (QED) is 0.475. The van der Waals surface area contributed by atoms with Gasteiger partial charge in [-0.3, -0.25) is 9.36 Å². The van der Waals surface area contributed by atoms with Crippen molar-refractivity contribution in [3.63, 3.8) is 0 Å². The van der Waals surface area contributed by atoms with Crippen molar-refractivity contribution in [2.24, 2.45) is 0 Å². The first-order valence-corrected chi connectivity index (χ1v) is 10.5. The van der Waals surface area contributed by atoms with Crippen LogP contribution in [-0.2, 0) is 0 Å². The van der Waals surface area contributed by atoms with E-state index in [1.165, 1.54) is 0 Å². The Morgan fingerprint density at radius 3 is 2.48 bits per heavy atom. The van der Waals surface area contributed by atoms with Gasteiger partial charge in [-0.15, -0.1) is 0 Å². The average molecular weight is 418 g/mol. The fourth-order valence-corrected chi connectivity index (χ4v) is 3.27. The molecule has 3 aromatic rings. The van der Waals surface area contributed by atoms with E-state index in [0.29, 0.717) is 34.7 Å². The first-order valence-electron chi connectivity index (χ1n) is 10.5. The first kappa shape index (κ1) is 23.8. The number of allylic oxidation sites excluding steroid dienone is 3. The molecule has 0 spiro atoms. The van der Waals surface area contributed by atoms with Crippen LogP contribution < -0.4 is 10.7 Å². The summed E-state index contributed by atoms with van der Waals surface area (Å²) in [4.78, 5) is 17.7. The number of hydrogen-bond donors (Lipinski definition) is 2. The summed E-state index contributed by atoms with van der Waals surface area (Å²) in [5, 5.41) is 14.1. The van der Waals surface area contributed by atoms with Crippen LogP contribution in [0.2, 0.25) is 0 Å². The van der Waals surface area contributed by atoms with Gasteiger partial charge in [-0.25, -0.2) is 4.98 Å². The van der Waals surface area contributed by atoms with Crippen LogP contribution in [0.1, 0.15) is 44.6 Å². The van der Waals surface area contributed by atoms with Crippen LogP contribution in [0.4, 0.5) is 5.82 Å². The van der Waals surface area contributed by atoms with Crippen LogP contribution in [0, 0.1) is 6.92 Å². The van der Waals surface area contributed by atoms with E-state index in [2.05, 4.69) is 18.5 Å². The second kappa shape index (κ2) is 11.1. The molecule has 31 heavy (non-hydrogen) atoms. The van der Waals surface area contributed by atoms with Gasteiger partial charge in [0.15, 0.2) is 11.1 Å². The van der Waals surface area contributed by atoms with Crippen molar-refractivity contribution in [1.29, 1.82) is 0 Å². The van der Waals surface area contributed by atoms with E-state index in [1.54, 1.807) is 30.4 Å². The van der Waals surface area contributed by atoms with E-state index in [4.69, 9.17) is 4.98 Å². The lowest BCUT2D eigenvalue weighted by atomic mass is 10.1. The summed E-state index contributed by atoms with van der Waals surface area (Å²) in [6.07, 6.45) is 4.91. The van der Waals surface area contributed by atoms with Crippen LogP contribution in [0.15, 0.2) is 84.3 Å². The van der Waals surface area contributed by atoms with Crippen LogP contribution in [0.3, 0.4) is 0 Å². The molecule has 2 N–H and O–H groups in total. The summed E-state index contributed by atoms with van der Waals surface area (Å²) in [6.45, 7) is 15.3. The molecule has 1 aromatic carbocycles. The largest absolute Gasteiger partial charge is 0.387 e. The zero-order valence-electron chi connectivity index (χ0n) is 18.7. The fourth-order valence-electron chi connectivity index (χ4n) is 3.27. The molecule has 162 valence electrons. The smallest absolute Gasteiger partial charge is 0.193 e. The van der Waals surface area contributed by atoms with Gasteiger partial charge < -0.3 is 10.4 Å². The molecular weight excluding hydrogens is 386 g/mol. The maximum absolute atomic E-state index is 13.0. The highest BCUT2D eigenvalue weighted by Crippen LogP contribution is 2.26. The summed E-state index contributed by atoms with van der Waals surface area (Å²) < 4.78 is 1.88. The Morgan fingerprint density at radius 1 is 1.23 bits per heavy atom. The normalized spacial score (nSPS) is 12.0. The van der Waals surface area contributed by atoms with Crippen LogP contribution >= 0.6 is 0 Å². The van der Waals surface area contributed by atoms with Gasteiger partial charge in [0.05, 0.1) is 17.2 Å². The number of nitrogens with one attached hydrogen (secondary N) is 1. The van der Waals surface area contributed by atoms with Gasteiger partial charge in [0.1, 0.15) is 5.82 Å². The van der Waals surface area contributed by atoms with Crippen molar-refractivity contribution in [1.82, 2.24) is 9.55 Å². The highest BCUT2D eigenvalue weighted by Gasteiger charge is 2.17. The Morgan fingerprint density at radius 2 is 1.90 bits per heavy atom. The molecule has 0 bridgehead atoms. The molecule has 1 atom stereocenters. The number of rotatable bonds is 7. The SMILES string of the molecule is C=C/C=C(\C=C)Nc1cc(=O)c2c(C)cc(C(O)CC)nc2n1-c1ccccc1.CC. The summed E-state index contributed by atoms with van der Waals surface area (Å²) in [5.74, 6) is 0.553. The summed E-state index contributed by atoms with van der Waals surface area (Å²) in [6, 6.07) is 13.0. The van der Waals surface area contributed by atoms with Gasteiger partial charge in [-0.2, -0.15) is 0 Å². The van der Waals surface area contributed by atoms with Crippen molar-refractivity contribution in [3.05, 3.63) is 101 Å². The van der Waals surface area contributed by atoms with Gasteiger partial charge in [0.25, 0.3) is 0 Å². The van der Waals surface area contributed by atoms with Gasteiger partial charge in [-0.1, -0.05) is 58.2 Å². The molecule has 1 unspecified atom stereocenters. The van der Waals surface area contributed by atoms with Gasteiger partial charge in [0.2, 0.25) is 0 Å². The van der Waals surface area contributed by atoms with Gasteiger partial charge in [0, 0.05) is 17.5 Å². The molecule has 0 fully saturated rings. The topological polar surface area (TPSA) is 67.2 Å². The number of benzene rings is 1. The summed E-state index contributed by atoms with van der Waals surface area (Å²) >= 11 is 0. The molecule has 2 aromatic heterocycles. The van der Waals surface area contributed by atoms with E-state index in [-0.39, 0.29) is 5.43 Å². The van der Waals surface area contributed by atoms with E-state index in [1.807, 2.05) is 62.6 Å². The summed E-state index contributed by atoms with van der Waals surface area (Å²) in [5.41, 5.74) is 3.23. The zero-order chi connectivity index (χ0) is 23.0. The molecule has 0 saturated carbocycles. The Kier molecular flexibility index (Phi) is 8.53. The van der Waals surface area contributed by atoms with Crippen molar-refractivity contribution < 1.29 is 5.11 Å². The van der Waals surface area contributed by atoms with Crippen LogP contribution in [0.25, 0.3) is 16.7 Å². The van der Waals surface area contributed by atoms with Crippen LogP contribution in [-0.4, -0.2) is 14.7 Å². The standard InChI is InChI=1S/C24H25N3O2.C2H6/c1-5-11-17(6-2)25-22-15-21(29)23-16(4)14-19(20(28)7-3)26-24(23)27(22)18-12-9-8-10-13-18;1-2/h5-6,8-15,20,25,28H,1-2,7H2,3-4H3;1-2H3/b17-11+;. The number of aliphatic hydroxyl groups excluding tert-OH is 1. The monoisotopic (exact) mass is 417 g/mol. The van der Waals surface area contributed by atoms with Crippen molar-refractivity contribution in [2.75, 3.05) is 5.32 Å². The number of anilines is 1. The van der Waals surface area contributed by atoms with Crippen molar-refractivity contribution >= 4 is 16.9 Å². The highest BCUT2D eigenvalue weighted by atomic mass is 16.3. The van der Waals surface area contributed by atoms with Crippen molar-refractivity contribution in [3.8, 4) is 5.69 Å². The predicted molar refractivity (Wildman–Crippen MR) is 131 cm³/mol. The lowest BCUT2D eigenvalue weighted by molar-refractivity contribution is 0.169. The third kappa shape index (κ3) is 5.19. The number of aliphatic hydroxyl groups is 1. The number of fused-ring (bicyclic) bond motifs is 1. The zero-order valence-corrected chi connectivity index (χ0v) is 18.7. The Hall–Kier alpha value is -3.44. The molecule has 0 aliphatic rings. The molecule has 0 amide bonds. The molecular formula is C26H31N3O2. The maximum Gasteiger partial charge on any atom is 0.193 e. The van der Waals surface area contributed by atoms with E-state index in [9.17, 15) is 9.90 Å². The second-order valence-corrected chi connectivity index (χ2v) is 6.74. The third-order valence-electron chi connectivity index (χ3n) is 4.72. The van der Waals surface area contributed by atoms with Crippen molar-refractivity contribution in [2.45, 2.75) is 40.2 Å². The number of aromatic nitrogens is 2. The van der Waals surface area contributed by atoms with E-state index < -0.39 is 6.10 Å². The fraction of sp³-hybridized carbons (Fsp3) is 0.231. The molecule has 5 nitrogen and oxygen atoms in total. The number of nitrogens with zero attached hydrogens (tertiary/aromatic N) is 2. The third-order valence-corrected chi connectivity index (χ3v) is 4.72. The Balaban J connectivity index is 0.00000166.